The van der Waals surface area contributed by atoms with Crippen molar-refractivity contribution in [3.05, 3.63) is 82.1 Å². The van der Waals surface area contributed by atoms with Crippen molar-refractivity contribution in [2.75, 3.05) is 0 Å². The van der Waals surface area contributed by atoms with E-state index in [0.29, 0.717) is 5.56 Å². The van der Waals surface area contributed by atoms with Crippen molar-refractivity contribution in [3.8, 4) is 0 Å². The Kier molecular flexibility index (Phi) is 4.41. The Morgan fingerprint density at radius 1 is 0.905 bits per heavy atom. The summed E-state index contributed by atoms with van der Waals surface area (Å²) in [6.45, 7) is 0. The molecule has 0 heterocycles. The van der Waals surface area contributed by atoms with E-state index in [0.717, 1.165) is 10.9 Å². The second kappa shape index (κ2) is 6.29. The van der Waals surface area contributed by atoms with Crippen LogP contribution < -0.4 is 0 Å². The summed E-state index contributed by atoms with van der Waals surface area (Å²) in [6, 6.07) is 19.7. The molecule has 0 saturated carbocycles. The third-order valence-corrected chi connectivity index (χ3v) is 5.01. The smallest absolute Gasteiger partial charge is 0.128 e. The molecule has 1 atom stereocenters. The lowest BCUT2D eigenvalue weighted by molar-refractivity contribution is 0.606. The van der Waals surface area contributed by atoms with Crippen molar-refractivity contribution >= 4 is 42.6 Å². The summed E-state index contributed by atoms with van der Waals surface area (Å²) >= 11 is 7.05. The van der Waals surface area contributed by atoms with Gasteiger partial charge in [-0.3, -0.25) is 0 Å². The zero-order chi connectivity index (χ0) is 14.8. The molecule has 0 amide bonds. The maximum Gasteiger partial charge on any atom is 0.128 e. The predicted molar refractivity (Wildman–Crippen MR) is 93.4 cm³/mol. The summed E-state index contributed by atoms with van der Waals surface area (Å²) < 4.78 is 14.8. The molecule has 0 fully saturated rings. The van der Waals surface area contributed by atoms with Gasteiger partial charge in [0.2, 0.25) is 0 Å². The van der Waals surface area contributed by atoms with E-state index >= 15 is 0 Å². The fraction of sp³-hybridized carbons (Fsp3) is 0.111. The van der Waals surface area contributed by atoms with Gasteiger partial charge in [0, 0.05) is 14.9 Å². The van der Waals surface area contributed by atoms with Crippen LogP contribution in [0.4, 0.5) is 4.39 Å². The molecule has 0 aliphatic heterocycles. The fourth-order valence-electron chi connectivity index (χ4n) is 2.48. The summed E-state index contributed by atoms with van der Waals surface area (Å²) in [4.78, 5) is -0.0609. The van der Waals surface area contributed by atoms with Gasteiger partial charge in [0.25, 0.3) is 0 Å². The molecular formula is C18H13Br2F. The molecule has 3 aromatic rings. The van der Waals surface area contributed by atoms with Crippen molar-refractivity contribution in [2.45, 2.75) is 11.2 Å². The van der Waals surface area contributed by atoms with Crippen LogP contribution in [0, 0.1) is 5.82 Å². The van der Waals surface area contributed by atoms with Gasteiger partial charge in [-0.15, -0.1) is 0 Å². The van der Waals surface area contributed by atoms with Crippen LogP contribution in [0.1, 0.15) is 16.0 Å². The molecule has 1 unspecified atom stereocenters. The first-order valence-electron chi connectivity index (χ1n) is 6.71. The Balaban J connectivity index is 1.91. The quantitative estimate of drug-likeness (QED) is 0.439. The maximum absolute atomic E-state index is 14.0. The number of fused-ring (bicyclic) bond motifs is 1. The summed E-state index contributed by atoms with van der Waals surface area (Å²) in [7, 11) is 0. The number of rotatable bonds is 3. The van der Waals surface area contributed by atoms with Crippen LogP contribution in [0.3, 0.4) is 0 Å². The normalized spacial score (nSPS) is 12.5. The van der Waals surface area contributed by atoms with Gasteiger partial charge in [-0.1, -0.05) is 80.4 Å². The molecule has 0 aliphatic carbocycles. The summed E-state index contributed by atoms with van der Waals surface area (Å²) in [5.74, 6) is -0.188. The molecule has 3 heteroatoms. The Morgan fingerprint density at radius 2 is 1.67 bits per heavy atom. The van der Waals surface area contributed by atoms with Crippen LogP contribution in [-0.4, -0.2) is 0 Å². The van der Waals surface area contributed by atoms with Crippen molar-refractivity contribution < 1.29 is 4.39 Å². The Bertz CT molecular complexity index is 763. The zero-order valence-corrected chi connectivity index (χ0v) is 14.4. The molecule has 0 nitrogen and oxygen atoms in total. The van der Waals surface area contributed by atoms with E-state index < -0.39 is 0 Å². The second-order valence-electron chi connectivity index (χ2n) is 4.99. The van der Waals surface area contributed by atoms with Crippen molar-refractivity contribution in [1.82, 2.24) is 0 Å². The fourth-order valence-corrected chi connectivity index (χ4v) is 4.25. The second-order valence-corrected chi connectivity index (χ2v) is 6.95. The third kappa shape index (κ3) is 3.19. The highest BCUT2D eigenvalue weighted by atomic mass is 79.9. The van der Waals surface area contributed by atoms with E-state index in [-0.39, 0.29) is 10.6 Å². The topological polar surface area (TPSA) is 0 Å². The van der Waals surface area contributed by atoms with Crippen LogP contribution in [0.2, 0.25) is 0 Å². The van der Waals surface area contributed by atoms with Gasteiger partial charge in [0.15, 0.2) is 0 Å². The van der Waals surface area contributed by atoms with E-state index in [1.807, 2.05) is 18.2 Å². The minimum absolute atomic E-state index is 0.0609. The molecule has 3 aromatic carbocycles. The molecule has 0 bridgehead atoms. The highest BCUT2D eigenvalue weighted by Crippen LogP contribution is 2.34. The maximum atomic E-state index is 14.0. The highest BCUT2D eigenvalue weighted by Gasteiger charge is 2.16. The largest absolute Gasteiger partial charge is 0.207 e. The van der Waals surface area contributed by atoms with Gasteiger partial charge in [0.1, 0.15) is 5.82 Å². The molecule has 0 aliphatic rings. The minimum atomic E-state index is -0.188. The van der Waals surface area contributed by atoms with Crippen molar-refractivity contribution in [3.63, 3.8) is 0 Å². The molecule has 0 aromatic heterocycles. The first-order valence-corrected chi connectivity index (χ1v) is 8.41. The molecule has 3 rings (SSSR count). The van der Waals surface area contributed by atoms with E-state index in [1.165, 1.54) is 22.4 Å². The van der Waals surface area contributed by atoms with Crippen molar-refractivity contribution in [1.29, 1.82) is 0 Å². The Labute approximate surface area is 140 Å². The lowest BCUT2D eigenvalue weighted by Crippen LogP contribution is -2.00. The Morgan fingerprint density at radius 3 is 2.43 bits per heavy atom. The third-order valence-electron chi connectivity index (χ3n) is 3.54. The Hall–Kier alpha value is -1.19. The van der Waals surface area contributed by atoms with E-state index in [4.69, 9.17) is 0 Å². The number of benzene rings is 3. The van der Waals surface area contributed by atoms with Gasteiger partial charge in [-0.2, -0.15) is 0 Å². The zero-order valence-electron chi connectivity index (χ0n) is 11.2. The van der Waals surface area contributed by atoms with Gasteiger partial charge in [-0.05, 0) is 34.9 Å². The molecule has 21 heavy (non-hydrogen) atoms. The number of alkyl halides is 1. The van der Waals surface area contributed by atoms with Gasteiger partial charge in [-0.25, -0.2) is 4.39 Å². The van der Waals surface area contributed by atoms with Crippen LogP contribution in [0.25, 0.3) is 10.8 Å². The standard InChI is InChI=1S/C18H13Br2F/c19-15-6-3-7-17(21)18(15)16(20)11-12-8-9-13-4-1-2-5-14(13)10-12/h1-10,16H,11H2. The number of hydrogen-bond acceptors (Lipinski definition) is 0. The molecular weight excluding hydrogens is 395 g/mol. The van der Waals surface area contributed by atoms with Crippen LogP contribution in [0.5, 0.6) is 0 Å². The summed E-state index contributed by atoms with van der Waals surface area (Å²) in [5, 5.41) is 2.43. The lowest BCUT2D eigenvalue weighted by atomic mass is 10.0. The van der Waals surface area contributed by atoms with E-state index in [1.54, 1.807) is 6.07 Å². The van der Waals surface area contributed by atoms with Gasteiger partial charge in [0.05, 0.1) is 0 Å². The number of halogens is 3. The highest BCUT2D eigenvalue weighted by molar-refractivity contribution is 9.11. The average molecular weight is 408 g/mol. The molecule has 0 spiro atoms. The predicted octanol–water partition coefficient (Wildman–Crippen LogP) is 6.42. The van der Waals surface area contributed by atoms with E-state index in [2.05, 4.69) is 62.2 Å². The van der Waals surface area contributed by atoms with Crippen LogP contribution in [0.15, 0.2) is 65.1 Å². The first-order chi connectivity index (χ1) is 10.1. The monoisotopic (exact) mass is 406 g/mol. The van der Waals surface area contributed by atoms with E-state index in [9.17, 15) is 4.39 Å². The SMILES string of the molecule is Fc1cccc(Br)c1C(Br)Cc1ccc2ccccc2c1. The van der Waals surface area contributed by atoms with Gasteiger partial charge < -0.3 is 0 Å². The molecule has 0 saturated heterocycles. The summed E-state index contributed by atoms with van der Waals surface area (Å²) in [5.41, 5.74) is 1.86. The van der Waals surface area contributed by atoms with Crippen molar-refractivity contribution in [2.24, 2.45) is 0 Å². The summed E-state index contributed by atoms with van der Waals surface area (Å²) in [6.07, 6.45) is 0.740. The number of hydrogen-bond donors (Lipinski definition) is 0. The first kappa shape index (κ1) is 14.7. The molecule has 106 valence electrons. The van der Waals surface area contributed by atoms with Crippen LogP contribution >= 0.6 is 31.9 Å². The molecule has 0 N–H and O–H groups in total. The van der Waals surface area contributed by atoms with Gasteiger partial charge >= 0.3 is 0 Å². The lowest BCUT2D eigenvalue weighted by Gasteiger charge is -2.14. The van der Waals surface area contributed by atoms with Crippen LogP contribution in [-0.2, 0) is 6.42 Å². The minimum Gasteiger partial charge on any atom is -0.207 e. The average Bonchev–Trinajstić information content (AvgIpc) is 2.47. The molecule has 0 radical (unpaired) electrons.